The van der Waals surface area contributed by atoms with E-state index in [1.54, 1.807) is 0 Å². The van der Waals surface area contributed by atoms with Gasteiger partial charge in [0.2, 0.25) is 0 Å². The van der Waals surface area contributed by atoms with Crippen LogP contribution in [0.5, 0.6) is 0 Å². The Morgan fingerprint density at radius 2 is 1.08 bits per heavy atom. The van der Waals surface area contributed by atoms with Crippen LogP contribution in [0.1, 0.15) is 73.4 Å². The molecule has 0 saturated carbocycles. The normalized spacial score (nSPS) is 12.4. The molecule has 0 amide bonds. The summed E-state index contributed by atoms with van der Waals surface area (Å²) in [6.07, 6.45) is 15.1. The highest BCUT2D eigenvalue weighted by molar-refractivity contribution is 5.90. The molecule has 0 spiro atoms. The number of H-pyrrole nitrogens is 2. The van der Waals surface area contributed by atoms with Gasteiger partial charge in [-0.15, -0.1) is 0 Å². The Kier molecular flexibility index (Phi) is 6.78. The summed E-state index contributed by atoms with van der Waals surface area (Å²) >= 11 is 0. The van der Waals surface area contributed by atoms with Crippen LogP contribution < -0.4 is 0 Å². The molecule has 5 heterocycles. The topological polar surface area (TPSA) is 57.4 Å². The Bertz CT molecular complexity index is 1580. The quantitative estimate of drug-likeness (QED) is 0.231. The van der Waals surface area contributed by atoms with Crippen LogP contribution in [-0.2, 0) is 12.8 Å². The number of hydrogen-bond donors (Lipinski definition) is 2. The maximum absolute atomic E-state index is 5.22. The highest BCUT2D eigenvalue weighted by Gasteiger charge is 2.17. The lowest BCUT2D eigenvalue weighted by Gasteiger charge is -2.05. The molecule has 0 unspecified atom stereocenters. The van der Waals surface area contributed by atoms with Crippen LogP contribution in [0.25, 0.3) is 57.5 Å². The fourth-order valence-corrected chi connectivity index (χ4v) is 5.39. The molecule has 38 heavy (non-hydrogen) atoms. The van der Waals surface area contributed by atoms with E-state index in [0.717, 1.165) is 94.5 Å². The molecule has 2 N–H and O–H groups in total. The summed E-state index contributed by atoms with van der Waals surface area (Å²) in [7, 11) is 0. The summed E-state index contributed by atoms with van der Waals surface area (Å²) in [6.45, 7) is 4.48. The van der Waals surface area contributed by atoms with Crippen molar-refractivity contribution in [3.8, 4) is 11.1 Å². The third kappa shape index (κ3) is 4.74. The van der Waals surface area contributed by atoms with Crippen LogP contribution in [0, 0.1) is 0 Å². The lowest BCUT2D eigenvalue weighted by atomic mass is 10.0. The first-order chi connectivity index (χ1) is 18.7. The third-order valence-electron chi connectivity index (χ3n) is 7.41. The van der Waals surface area contributed by atoms with E-state index in [1.807, 2.05) is 0 Å². The number of hydrogen-bond acceptors (Lipinski definition) is 2. The van der Waals surface area contributed by atoms with Gasteiger partial charge in [0.25, 0.3) is 0 Å². The van der Waals surface area contributed by atoms with Gasteiger partial charge in [-0.3, -0.25) is 0 Å². The molecule has 0 radical (unpaired) electrons. The SMILES string of the molecule is CCCCc1c2nc(c(-c3ccccc3)c3nc(c(CCCC)c4ccc(cc5ccc1[nH]5)[nH]4)C=C3)C=C2. The lowest BCUT2D eigenvalue weighted by Crippen LogP contribution is -1.93. The minimum absolute atomic E-state index is 0.965. The first-order valence-electron chi connectivity index (χ1n) is 13.9. The van der Waals surface area contributed by atoms with Crippen LogP contribution in [0.4, 0.5) is 0 Å². The minimum Gasteiger partial charge on any atom is -0.355 e. The number of unbranched alkanes of at least 4 members (excludes halogenated alkanes) is 2. The summed E-state index contributed by atoms with van der Waals surface area (Å²) in [4.78, 5) is 17.8. The van der Waals surface area contributed by atoms with Crippen LogP contribution in [0.15, 0.2) is 60.7 Å². The van der Waals surface area contributed by atoms with Crippen molar-refractivity contribution in [1.29, 1.82) is 0 Å². The summed E-state index contributed by atoms with van der Waals surface area (Å²) in [5, 5.41) is 0. The maximum atomic E-state index is 5.22. The van der Waals surface area contributed by atoms with E-state index >= 15 is 0 Å². The molecular weight excluding hydrogens is 464 g/mol. The predicted molar refractivity (Wildman–Crippen MR) is 162 cm³/mol. The van der Waals surface area contributed by atoms with Crippen molar-refractivity contribution >= 4 is 46.4 Å². The van der Waals surface area contributed by atoms with E-state index in [1.165, 1.54) is 11.1 Å². The van der Waals surface area contributed by atoms with E-state index in [4.69, 9.17) is 9.97 Å². The Morgan fingerprint density at radius 1 is 0.579 bits per heavy atom. The number of rotatable bonds is 7. The minimum atomic E-state index is 0.965. The molecule has 0 fully saturated rings. The number of aryl methyl sites for hydroxylation is 2. The van der Waals surface area contributed by atoms with Gasteiger partial charge in [-0.25, -0.2) is 9.97 Å². The van der Waals surface area contributed by atoms with Crippen LogP contribution in [0.3, 0.4) is 0 Å². The smallest absolute Gasteiger partial charge is 0.0737 e. The summed E-state index contributed by atoms with van der Waals surface area (Å²) < 4.78 is 0. The van der Waals surface area contributed by atoms with Crippen molar-refractivity contribution in [2.24, 2.45) is 0 Å². The predicted octanol–water partition coefficient (Wildman–Crippen LogP) is 9.01. The summed E-state index contributed by atoms with van der Waals surface area (Å²) in [5.41, 5.74) is 13.2. The van der Waals surface area contributed by atoms with Crippen molar-refractivity contribution in [3.63, 3.8) is 0 Å². The highest BCUT2D eigenvalue weighted by atomic mass is 14.8. The Labute approximate surface area is 224 Å². The van der Waals surface area contributed by atoms with Gasteiger partial charge in [0, 0.05) is 38.8 Å². The Balaban J connectivity index is 1.73. The molecule has 0 atom stereocenters. The number of aromatic nitrogens is 4. The lowest BCUT2D eigenvalue weighted by molar-refractivity contribution is 0.794. The van der Waals surface area contributed by atoms with Gasteiger partial charge in [-0.1, -0.05) is 57.0 Å². The number of aromatic amines is 2. The Hall–Kier alpha value is -4.18. The third-order valence-corrected chi connectivity index (χ3v) is 7.41. The molecule has 2 aliphatic rings. The number of nitrogens with zero attached hydrogens (tertiary/aromatic N) is 2. The molecule has 4 aromatic rings. The van der Waals surface area contributed by atoms with Gasteiger partial charge < -0.3 is 9.97 Å². The molecule has 0 aliphatic carbocycles. The van der Waals surface area contributed by atoms with Crippen LogP contribution in [-0.4, -0.2) is 19.9 Å². The zero-order valence-corrected chi connectivity index (χ0v) is 22.2. The molecule has 6 rings (SSSR count). The standard InChI is InChI=1S/C34H34N4/c1-3-5-12-26-28-16-14-24(35-28)22-25-15-17-29(36-25)27(13-6-4-2)31-19-21-33(38-31)34(23-10-8-7-9-11-23)32-20-18-30(26)37-32/h7-11,14-22,35-36H,3-6,12-13H2,1-2H3. The van der Waals surface area contributed by atoms with Gasteiger partial charge in [-0.05, 0) is 85.9 Å². The number of fused-ring (bicyclic) bond motifs is 8. The van der Waals surface area contributed by atoms with E-state index in [9.17, 15) is 0 Å². The zero-order valence-electron chi connectivity index (χ0n) is 22.2. The highest BCUT2D eigenvalue weighted by Crippen LogP contribution is 2.33. The second kappa shape index (κ2) is 10.7. The molecule has 8 bridgehead atoms. The molecule has 2 aliphatic heterocycles. The van der Waals surface area contributed by atoms with Gasteiger partial charge in [0.1, 0.15) is 0 Å². The van der Waals surface area contributed by atoms with Crippen LogP contribution in [0.2, 0.25) is 0 Å². The average molecular weight is 499 g/mol. The first kappa shape index (κ1) is 24.2. The van der Waals surface area contributed by atoms with Crippen LogP contribution >= 0.6 is 0 Å². The second-order valence-electron chi connectivity index (χ2n) is 10.1. The second-order valence-corrected chi connectivity index (χ2v) is 10.1. The van der Waals surface area contributed by atoms with E-state index < -0.39 is 0 Å². The van der Waals surface area contributed by atoms with Crippen molar-refractivity contribution in [2.75, 3.05) is 0 Å². The van der Waals surface area contributed by atoms with E-state index in [-0.39, 0.29) is 0 Å². The fraction of sp³-hybridized carbons (Fsp3) is 0.235. The molecule has 4 heteroatoms. The van der Waals surface area contributed by atoms with Gasteiger partial charge in [0.05, 0.1) is 22.8 Å². The summed E-state index contributed by atoms with van der Waals surface area (Å²) in [6, 6.07) is 21.4. The van der Waals surface area contributed by atoms with Gasteiger partial charge in [-0.2, -0.15) is 0 Å². The monoisotopic (exact) mass is 498 g/mol. The molecule has 4 nitrogen and oxygen atoms in total. The fourth-order valence-electron chi connectivity index (χ4n) is 5.39. The molecule has 3 aromatic heterocycles. The van der Waals surface area contributed by atoms with Gasteiger partial charge >= 0.3 is 0 Å². The van der Waals surface area contributed by atoms with E-state index in [2.05, 4.69) is 109 Å². The average Bonchev–Trinajstić information content (AvgIpc) is 3.75. The van der Waals surface area contributed by atoms with E-state index in [0.29, 0.717) is 0 Å². The number of nitrogens with one attached hydrogen (secondary N) is 2. The first-order valence-corrected chi connectivity index (χ1v) is 13.9. The molecule has 1 aromatic carbocycles. The van der Waals surface area contributed by atoms with Crippen molar-refractivity contribution in [1.82, 2.24) is 19.9 Å². The Morgan fingerprint density at radius 3 is 1.58 bits per heavy atom. The largest absolute Gasteiger partial charge is 0.355 e. The zero-order chi connectivity index (χ0) is 25.9. The summed E-state index contributed by atoms with van der Waals surface area (Å²) in [5.74, 6) is 0. The molecule has 190 valence electrons. The van der Waals surface area contributed by atoms with Crippen molar-refractivity contribution in [3.05, 3.63) is 94.6 Å². The molecule has 0 saturated heterocycles. The molecular formula is C34H34N4. The maximum Gasteiger partial charge on any atom is 0.0737 e. The van der Waals surface area contributed by atoms with Crippen molar-refractivity contribution in [2.45, 2.75) is 52.4 Å². The van der Waals surface area contributed by atoms with Crippen molar-refractivity contribution < 1.29 is 0 Å². The van der Waals surface area contributed by atoms with Gasteiger partial charge in [0.15, 0.2) is 0 Å². The number of benzene rings is 1.